The Hall–Kier alpha value is -2.54. The number of allylic oxidation sites excluding steroid dienone is 1. The number of carbonyl (C=O) groups is 1. The molecule has 5 rings (SSSR count). The van der Waals surface area contributed by atoms with E-state index in [0.29, 0.717) is 12.0 Å². The second-order valence-corrected chi connectivity index (χ2v) is 7.24. The van der Waals surface area contributed by atoms with Gasteiger partial charge in [-0.1, -0.05) is 18.2 Å². The Balaban J connectivity index is 1.79. The SMILES string of the molecule is CC(=O)C1=CN2CCc3c4n(c5ccccc35)[C@H](C#N)C[C@@H](C1)[C@H]42. The first-order valence-corrected chi connectivity index (χ1v) is 8.67. The van der Waals surface area contributed by atoms with Crippen molar-refractivity contribution in [3.63, 3.8) is 0 Å². The predicted molar refractivity (Wildman–Crippen MR) is 91.2 cm³/mol. The molecular formula is C20H19N3O. The molecule has 0 amide bonds. The molecule has 0 N–H and O–H groups in total. The number of hydrogen-bond donors (Lipinski definition) is 0. The molecule has 2 aromatic rings. The van der Waals surface area contributed by atoms with Gasteiger partial charge >= 0.3 is 0 Å². The number of nitrogens with zero attached hydrogens (tertiary/aromatic N) is 3. The molecule has 120 valence electrons. The predicted octanol–water partition coefficient (Wildman–Crippen LogP) is 3.50. The van der Waals surface area contributed by atoms with Gasteiger partial charge in [0.25, 0.3) is 0 Å². The van der Waals surface area contributed by atoms with Crippen molar-refractivity contribution in [1.82, 2.24) is 9.47 Å². The van der Waals surface area contributed by atoms with E-state index in [2.05, 4.69) is 46.0 Å². The van der Waals surface area contributed by atoms with Crippen LogP contribution in [0.5, 0.6) is 0 Å². The van der Waals surface area contributed by atoms with Gasteiger partial charge in [-0.15, -0.1) is 0 Å². The van der Waals surface area contributed by atoms with E-state index in [9.17, 15) is 10.1 Å². The largest absolute Gasteiger partial charge is 0.368 e. The highest BCUT2D eigenvalue weighted by molar-refractivity contribution is 5.93. The van der Waals surface area contributed by atoms with E-state index in [1.54, 1.807) is 6.92 Å². The molecule has 0 saturated heterocycles. The van der Waals surface area contributed by atoms with Crippen LogP contribution in [-0.2, 0) is 11.2 Å². The molecule has 4 nitrogen and oxygen atoms in total. The number of fused-ring (bicyclic) bond motifs is 3. The zero-order valence-electron chi connectivity index (χ0n) is 13.7. The van der Waals surface area contributed by atoms with Crippen LogP contribution in [0.4, 0.5) is 0 Å². The molecule has 0 bridgehead atoms. The van der Waals surface area contributed by atoms with Gasteiger partial charge < -0.3 is 9.47 Å². The van der Waals surface area contributed by atoms with E-state index in [0.717, 1.165) is 31.4 Å². The topological polar surface area (TPSA) is 49.0 Å². The van der Waals surface area contributed by atoms with Gasteiger partial charge in [0.1, 0.15) is 6.04 Å². The fourth-order valence-electron chi connectivity index (χ4n) is 5.04. The minimum atomic E-state index is -0.133. The summed E-state index contributed by atoms with van der Waals surface area (Å²) < 4.78 is 2.28. The van der Waals surface area contributed by atoms with Gasteiger partial charge in [0, 0.05) is 34.9 Å². The second kappa shape index (κ2) is 4.73. The average molecular weight is 317 g/mol. The molecule has 0 fully saturated rings. The van der Waals surface area contributed by atoms with Crippen molar-refractivity contribution in [1.29, 1.82) is 5.26 Å². The number of benzene rings is 1. The molecule has 24 heavy (non-hydrogen) atoms. The average Bonchev–Trinajstić information content (AvgIpc) is 2.95. The van der Waals surface area contributed by atoms with Gasteiger partial charge in [-0.05, 0) is 43.7 Å². The zero-order valence-corrected chi connectivity index (χ0v) is 13.7. The summed E-state index contributed by atoms with van der Waals surface area (Å²) in [7, 11) is 0. The van der Waals surface area contributed by atoms with Crippen LogP contribution in [0.25, 0.3) is 10.9 Å². The molecule has 0 saturated carbocycles. The monoisotopic (exact) mass is 317 g/mol. The highest BCUT2D eigenvalue weighted by Gasteiger charge is 2.45. The van der Waals surface area contributed by atoms with Gasteiger partial charge in [-0.2, -0.15) is 5.26 Å². The smallest absolute Gasteiger partial charge is 0.157 e. The summed E-state index contributed by atoms with van der Waals surface area (Å²) in [6.07, 6.45) is 4.69. The van der Waals surface area contributed by atoms with Crippen LogP contribution >= 0.6 is 0 Å². The molecule has 0 unspecified atom stereocenters. The molecule has 4 heterocycles. The Morgan fingerprint density at radius 3 is 2.96 bits per heavy atom. The third-order valence-corrected chi connectivity index (χ3v) is 6.00. The van der Waals surface area contributed by atoms with Crippen LogP contribution in [0.3, 0.4) is 0 Å². The van der Waals surface area contributed by atoms with Crippen LogP contribution in [0, 0.1) is 17.2 Å². The highest BCUT2D eigenvalue weighted by Crippen LogP contribution is 2.51. The maximum absolute atomic E-state index is 11.9. The first-order valence-electron chi connectivity index (χ1n) is 8.67. The molecule has 1 aromatic carbocycles. The lowest BCUT2D eigenvalue weighted by Gasteiger charge is -2.48. The van der Waals surface area contributed by atoms with Gasteiger partial charge in [-0.25, -0.2) is 0 Å². The molecule has 3 aliphatic heterocycles. The fraction of sp³-hybridized carbons (Fsp3) is 0.400. The quantitative estimate of drug-likeness (QED) is 0.809. The molecule has 3 aliphatic rings. The van der Waals surface area contributed by atoms with Crippen LogP contribution in [0.15, 0.2) is 36.0 Å². The Morgan fingerprint density at radius 1 is 1.33 bits per heavy atom. The summed E-state index contributed by atoms with van der Waals surface area (Å²) in [6, 6.07) is 11.2. The summed E-state index contributed by atoms with van der Waals surface area (Å²) in [5.74, 6) is 0.522. The minimum absolute atomic E-state index is 0.133. The fourth-order valence-corrected chi connectivity index (χ4v) is 5.04. The summed E-state index contributed by atoms with van der Waals surface area (Å²) in [5, 5.41) is 11.1. The lowest BCUT2D eigenvalue weighted by Crippen LogP contribution is -2.44. The summed E-state index contributed by atoms with van der Waals surface area (Å²) in [6.45, 7) is 2.61. The first kappa shape index (κ1) is 13.9. The summed E-state index contributed by atoms with van der Waals surface area (Å²) in [5.41, 5.74) is 4.84. The van der Waals surface area contributed by atoms with Crippen LogP contribution in [0.1, 0.15) is 43.1 Å². The number of para-hydroxylation sites is 1. The van der Waals surface area contributed by atoms with Crippen molar-refractivity contribution in [2.45, 2.75) is 38.3 Å². The van der Waals surface area contributed by atoms with Crippen molar-refractivity contribution < 1.29 is 4.79 Å². The van der Waals surface area contributed by atoms with Crippen molar-refractivity contribution in [2.75, 3.05) is 6.54 Å². The number of ketones is 1. The van der Waals surface area contributed by atoms with Crippen LogP contribution < -0.4 is 0 Å². The van der Waals surface area contributed by atoms with Gasteiger partial charge in [0.15, 0.2) is 5.78 Å². The van der Waals surface area contributed by atoms with Crippen LogP contribution in [-0.4, -0.2) is 21.8 Å². The third kappa shape index (κ3) is 1.65. The molecule has 0 spiro atoms. The summed E-state index contributed by atoms with van der Waals surface area (Å²) >= 11 is 0. The zero-order chi connectivity index (χ0) is 16.4. The van der Waals surface area contributed by atoms with E-state index in [1.807, 2.05) is 0 Å². The Labute approximate surface area is 141 Å². The maximum atomic E-state index is 11.9. The number of Topliss-reactive ketones (excluding diaryl/α,β-unsaturated/α-hetero) is 1. The normalized spacial score (nSPS) is 27.4. The molecule has 4 heteroatoms. The Bertz CT molecular complexity index is 946. The van der Waals surface area contributed by atoms with Gasteiger partial charge in [-0.3, -0.25) is 4.79 Å². The van der Waals surface area contributed by atoms with Crippen molar-refractivity contribution in [2.24, 2.45) is 5.92 Å². The lowest BCUT2D eigenvalue weighted by atomic mass is 9.76. The second-order valence-electron chi connectivity index (χ2n) is 7.24. The van der Waals surface area contributed by atoms with E-state index in [4.69, 9.17) is 0 Å². The maximum Gasteiger partial charge on any atom is 0.157 e. The number of carbonyl (C=O) groups excluding carboxylic acids is 1. The number of rotatable bonds is 1. The van der Waals surface area contributed by atoms with E-state index < -0.39 is 0 Å². The lowest BCUT2D eigenvalue weighted by molar-refractivity contribution is -0.114. The Kier molecular flexibility index (Phi) is 2.73. The van der Waals surface area contributed by atoms with Crippen molar-refractivity contribution in [3.05, 3.63) is 47.3 Å². The molecule has 3 atom stereocenters. The van der Waals surface area contributed by atoms with Crippen LogP contribution in [0.2, 0.25) is 0 Å². The van der Waals surface area contributed by atoms with E-state index in [-0.39, 0.29) is 11.8 Å². The van der Waals surface area contributed by atoms with Gasteiger partial charge in [0.05, 0.1) is 12.1 Å². The number of nitriles is 1. The Morgan fingerprint density at radius 2 is 2.17 bits per heavy atom. The highest BCUT2D eigenvalue weighted by atomic mass is 16.1. The third-order valence-electron chi connectivity index (χ3n) is 6.00. The number of hydrogen-bond acceptors (Lipinski definition) is 3. The first-order chi connectivity index (χ1) is 11.7. The van der Waals surface area contributed by atoms with E-state index in [1.165, 1.54) is 22.2 Å². The minimum Gasteiger partial charge on any atom is -0.368 e. The summed E-state index contributed by atoms with van der Waals surface area (Å²) in [4.78, 5) is 14.3. The molecular weight excluding hydrogens is 298 g/mol. The molecule has 0 radical (unpaired) electrons. The van der Waals surface area contributed by atoms with Crippen molar-refractivity contribution in [3.8, 4) is 6.07 Å². The molecule has 1 aromatic heterocycles. The van der Waals surface area contributed by atoms with Gasteiger partial charge in [0.2, 0.25) is 0 Å². The number of aromatic nitrogens is 1. The van der Waals surface area contributed by atoms with Crippen molar-refractivity contribution >= 4 is 16.7 Å². The standard InChI is InChI=1S/C20H19N3O/c1-12(24)14-8-13-9-15(10-21)23-18-5-3-2-4-16(18)17-6-7-22(11-14)19(13)20(17)23/h2-5,11,13,15,19H,6-9H2,1H3/t13-,15+,19-/m1/s1. The van der Waals surface area contributed by atoms with E-state index >= 15 is 0 Å². The molecule has 0 aliphatic carbocycles.